The van der Waals surface area contributed by atoms with Crippen LogP contribution in [0.15, 0.2) is 0 Å². The van der Waals surface area contributed by atoms with Crippen molar-refractivity contribution in [2.75, 3.05) is 6.54 Å². The molecule has 0 bridgehead atoms. The Hall–Kier alpha value is -0.590. The highest BCUT2D eigenvalue weighted by Gasteiger charge is 2.45. The van der Waals surface area contributed by atoms with Crippen LogP contribution in [0.2, 0.25) is 0 Å². The molecule has 14 heavy (non-hydrogen) atoms. The first kappa shape index (κ1) is 9.95. The molecule has 1 heterocycles. The molecule has 1 saturated heterocycles. The highest BCUT2D eigenvalue weighted by atomic mass is 16.5. The quantitative estimate of drug-likeness (QED) is 0.739. The maximum Gasteiger partial charge on any atom is 0.135 e. The van der Waals surface area contributed by atoms with Gasteiger partial charge in [0.1, 0.15) is 5.54 Å². The highest BCUT2D eigenvalue weighted by molar-refractivity contribution is 5.15. The maximum atomic E-state index is 9.25. The third-order valence-corrected chi connectivity index (χ3v) is 3.34. The lowest BCUT2D eigenvalue weighted by molar-refractivity contribution is 0.0524. The fraction of sp³-hybridized carbons (Fsp3) is 0.909. The molecule has 0 amide bonds. The minimum atomic E-state index is -0.429. The van der Waals surface area contributed by atoms with Crippen LogP contribution in [0, 0.1) is 17.2 Å². The van der Waals surface area contributed by atoms with E-state index >= 15 is 0 Å². The van der Waals surface area contributed by atoms with Crippen LogP contribution in [0.3, 0.4) is 0 Å². The number of nitriles is 1. The number of nitrogens with zero attached hydrogens (tertiary/aromatic N) is 1. The van der Waals surface area contributed by atoms with Crippen LogP contribution >= 0.6 is 0 Å². The summed E-state index contributed by atoms with van der Waals surface area (Å²) in [6.07, 6.45) is 3.67. The molecule has 2 fully saturated rings. The highest BCUT2D eigenvalue weighted by Crippen LogP contribution is 2.33. The van der Waals surface area contributed by atoms with Crippen LogP contribution in [-0.4, -0.2) is 24.3 Å². The Labute approximate surface area is 85.4 Å². The van der Waals surface area contributed by atoms with Crippen molar-refractivity contribution in [3.8, 4) is 6.07 Å². The van der Waals surface area contributed by atoms with Gasteiger partial charge >= 0.3 is 0 Å². The maximum absolute atomic E-state index is 9.25. The number of nitrogens with one attached hydrogen (secondary N) is 1. The number of hydrogen-bond donors (Lipinski definition) is 1. The molecule has 0 aromatic rings. The molecule has 3 unspecified atom stereocenters. The summed E-state index contributed by atoms with van der Waals surface area (Å²) in [5.74, 6) is 0.809. The molecule has 0 radical (unpaired) electrons. The summed E-state index contributed by atoms with van der Waals surface area (Å²) in [5, 5.41) is 12.6. The van der Waals surface area contributed by atoms with Gasteiger partial charge in [0.05, 0.1) is 18.3 Å². The van der Waals surface area contributed by atoms with Gasteiger partial charge < -0.3 is 4.74 Å². The van der Waals surface area contributed by atoms with Gasteiger partial charge in [-0.3, -0.25) is 5.32 Å². The Bertz CT molecular complexity index is 257. The Morgan fingerprint density at radius 3 is 2.64 bits per heavy atom. The lowest BCUT2D eigenvalue weighted by atomic mass is 9.92. The molecule has 2 aliphatic rings. The van der Waals surface area contributed by atoms with Crippen LogP contribution in [0.25, 0.3) is 0 Å². The molecule has 78 valence electrons. The molecule has 1 N–H and O–H groups in total. The van der Waals surface area contributed by atoms with E-state index < -0.39 is 5.54 Å². The minimum absolute atomic E-state index is 0.0150. The Morgan fingerprint density at radius 2 is 2.21 bits per heavy atom. The zero-order chi connectivity index (χ0) is 10.2. The summed E-state index contributed by atoms with van der Waals surface area (Å²) in [5.41, 5.74) is -0.429. The van der Waals surface area contributed by atoms with Crippen molar-refractivity contribution in [2.45, 2.75) is 50.9 Å². The van der Waals surface area contributed by atoms with E-state index in [9.17, 15) is 5.26 Å². The van der Waals surface area contributed by atoms with E-state index in [2.05, 4.69) is 11.4 Å². The SMILES string of the molecule is CC1CC(C#N)(NCC2CC2)C(C)O1. The summed E-state index contributed by atoms with van der Waals surface area (Å²) < 4.78 is 5.64. The van der Waals surface area contributed by atoms with E-state index in [0.29, 0.717) is 0 Å². The van der Waals surface area contributed by atoms with Crippen molar-refractivity contribution in [2.24, 2.45) is 5.92 Å². The predicted molar refractivity (Wildman–Crippen MR) is 53.7 cm³/mol. The van der Waals surface area contributed by atoms with Crippen LogP contribution in [0.1, 0.15) is 33.1 Å². The molecule has 0 aromatic heterocycles. The van der Waals surface area contributed by atoms with Crippen LogP contribution < -0.4 is 5.32 Å². The summed E-state index contributed by atoms with van der Waals surface area (Å²) in [7, 11) is 0. The molecule has 3 atom stereocenters. The second-order valence-electron chi connectivity index (χ2n) is 4.70. The van der Waals surface area contributed by atoms with Crippen LogP contribution in [0.5, 0.6) is 0 Å². The zero-order valence-corrected chi connectivity index (χ0v) is 8.92. The predicted octanol–water partition coefficient (Wildman–Crippen LogP) is 1.45. The summed E-state index contributed by atoms with van der Waals surface area (Å²) in [6.45, 7) is 5.01. The summed E-state index contributed by atoms with van der Waals surface area (Å²) in [6, 6.07) is 2.40. The molecule has 1 aliphatic carbocycles. The van der Waals surface area contributed by atoms with E-state index in [-0.39, 0.29) is 12.2 Å². The first-order valence-electron chi connectivity index (χ1n) is 5.48. The molecular weight excluding hydrogens is 176 g/mol. The van der Waals surface area contributed by atoms with E-state index in [1.54, 1.807) is 0 Å². The monoisotopic (exact) mass is 194 g/mol. The van der Waals surface area contributed by atoms with Gasteiger partial charge in [-0.2, -0.15) is 5.26 Å². The van der Waals surface area contributed by atoms with E-state index in [4.69, 9.17) is 4.74 Å². The van der Waals surface area contributed by atoms with E-state index in [1.807, 2.05) is 13.8 Å². The number of ether oxygens (including phenoxy) is 1. The van der Waals surface area contributed by atoms with Gasteiger partial charge in [-0.25, -0.2) is 0 Å². The molecular formula is C11H18N2O. The fourth-order valence-corrected chi connectivity index (χ4v) is 2.17. The van der Waals surface area contributed by atoms with Gasteiger partial charge in [0.15, 0.2) is 0 Å². The molecule has 3 nitrogen and oxygen atoms in total. The van der Waals surface area contributed by atoms with Gasteiger partial charge in [-0.05, 0) is 39.2 Å². The molecule has 0 spiro atoms. The molecule has 1 saturated carbocycles. The van der Waals surface area contributed by atoms with Crippen molar-refractivity contribution in [3.63, 3.8) is 0 Å². The third-order valence-electron chi connectivity index (χ3n) is 3.34. The average Bonchev–Trinajstić information content (AvgIpc) is 2.91. The lowest BCUT2D eigenvalue weighted by Gasteiger charge is -2.25. The minimum Gasteiger partial charge on any atom is -0.372 e. The second-order valence-corrected chi connectivity index (χ2v) is 4.70. The van der Waals surface area contributed by atoms with Gasteiger partial charge in [0.25, 0.3) is 0 Å². The van der Waals surface area contributed by atoms with Crippen LogP contribution in [-0.2, 0) is 4.74 Å². The molecule has 3 heteroatoms. The topological polar surface area (TPSA) is 45.0 Å². The zero-order valence-electron chi connectivity index (χ0n) is 8.92. The van der Waals surface area contributed by atoms with Gasteiger partial charge in [0.2, 0.25) is 0 Å². The second kappa shape index (κ2) is 3.52. The van der Waals surface area contributed by atoms with Crippen molar-refractivity contribution in [3.05, 3.63) is 0 Å². The van der Waals surface area contributed by atoms with Gasteiger partial charge in [-0.1, -0.05) is 0 Å². The van der Waals surface area contributed by atoms with Crippen molar-refractivity contribution >= 4 is 0 Å². The van der Waals surface area contributed by atoms with Crippen molar-refractivity contribution < 1.29 is 4.74 Å². The Morgan fingerprint density at radius 1 is 1.50 bits per heavy atom. The standard InChI is InChI=1S/C11H18N2O/c1-8-5-11(7-12,9(2)14-8)13-6-10-3-4-10/h8-10,13H,3-6H2,1-2H3. The van der Waals surface area contributed by atoms with Crippen LogP contribution in [0.4, 0.5) is 0 Å². The molecule has 0 aromatic carbocycles. The van der Waals surface area contributed by atoms with E-state index in [0.717, 1.165) is 18.9 Å². The third kappa shape index (κ3) is 1.77. The summed E-state index contributed by atoms with van der Waals surface area (Å²) >= 11 is 0. The number of hydrogen-bond acceptors (Lipinski definition) is 3. The van der Waals surface area contributed by atoms with Gasteiger partial charge in [-0.15, -0.1) is 0 Å². The molecule has 2 rings (SSSR count). The van der Waals surface area contributed by atoms with Crippen molar-refractivity contribution in [1.29, 1.82) is 5.26 Å². The van der Waals surface area contributed by atoms with E-state index in [1.165, 1.54) is 12.8 Å². The number of rotatable bonds is 3. The Balaban J connectivity index is 1.97. The normalized spacial score (nSPS) is 42.4. The summed E-state index contributed by atoms with van der Waals surface area (Å²) in [4.78, 5) is 0. The largest absolute Gasteiger partial charge is 0.372 e. The first-order valence-corrected chi connectivity index (χ1v) is 5.48. The van der Waals surface area contributed by atoms with Crippen molar-refractivity contribution in [1.82, 2.24) is 5.32 Å². The fourth-order valence-electron chi connectivity index (χ4n) is 2.17. The smallest absolute Gasteiger partial charge is 0.135 e. The Kier molecular flexibility index (Phi) is 2.50. The molecule has 1 aliphatic heterocycles. The first-order chi connectivity index (χ1) is 6.66. The average molecular weight is 194 g/mol. The van der Waals surface area contributed by atoms with Gasteiger partial charge in [0, 0.05) is 6.42 Å². The lowest BCUT2D eigenvalue weighted by Crippen LogP contribution is -2.50.